The predicted octanol–water partition coefficient (Wildman–Crippen LogP) is 7.13. The number of hydrogen-bond donors (Lipinski definition) is 1. The van der Waals surface area contributed by atoms with Crippen molar-refractivity contribution < 1.29 is 4.74 Å². The van der Waals surface area contributed by atoms with Crippen molar-refractivity contribution in [3.05, 3.63) is 107 Å². The van der Waals surface area contributed by atoms with Crippen molar-refractivity contribution in [1.82, 2.24) is 14.9 Å². The number of ether oxygens (including phenoxy) is 1. The first kappa shape index (κ1) is 23.3. The van der Waals surface area contributed by atoms with Gasteiger partial charge in [-0.1, -0.05) is 22.0 Å². The van der Waals surface area contributed by atoms with E-state index in [9.17, 15) is 0 Å². The largest absolute Gasteiger partial charge is 0.490 e. The fourth-order valence-corrected chi connectivity index (χ4v) is 5.90. The van der Waals surface area contributed by atoms with Crippen LogP contribution in [0.25, 0.3) is 5.69 Å². The molecule has 0 radical (unpaired) electrons. The molecule has 0 bridgehead atoms. The number of anilines is 1. The lowest BCUT2D eigenvalue weighted by atomic mass is 10.0. The van der Waals surface area contributed by atoms with Crippen molar-refractivity contribution >= 4 is 38.9 Å². The molecule has 2 aromatic carbocycles. The van der Waals surface area contributed by atoms with E-state index in [0.717, 1.165) is 45.8 Å². The van der Waals surface area contributed by atoms with E-state index in [1.165, 1.54) is 12.8 Å². The maximum atomic E-state index is 6.21. The third-order valence-corrected chi connectivity index (χ3v) is 7.85. The van der Waals surface area contributed by atoms with Gasteiger partial charge in [-0.2, -0.15) is 0 Å². The molecule has 6 rings (SSSR count). The number of nitrogens with zero attached hydrogens (tertiary/aromatic N) is 3. The summed E-state index contributed by atoms with van der Waals surface area (Å²) in [5, 5.41) is 4.24. The molecule has 2 unspecified atom stereocenters. The first-order valence-electron chi connectivity index (χ1n) is 12.4. The van der Waals surface area contributed by atoms with Crippen LogP contribution < -0.4 is 15.0 Å². The highest BCUT2D eigenvalue weighted by molar-refractivity contribution is 9.10. The summed E-state index contributed by atoms with van der Waals surface area (Å²) in [5.41, 5.74) is 4.21. The zero-order valence-corrected chi connectivity index (χ0v) is 22.2. The highest BCUT2D eigenvalue weighted by Crippen LogP contribution is 2.42. The predicted molar refractivity (Wildman–Crippen MR) is 151 cm³/mol. The molecular weight excluding hydrogens is 532 g/mol. The molecule has 2 fully saturated rings. The summed E-state index contributed by atoms with van der Waals surface area (Å²) in [6.07, 6.45) is 9.07. The average Bonchev–Trinajstić information content (AvgIpc) is 3.66. The molecule has 182 valence electrons. The Kier molecular flexibility index (Phi) is 6.50. The lowest BCUT2D eigenvalue weighted by molar-refractivity contribution is 0.210. The van der Waals surface area contributed by atoms with Crippen LogP contribution >= 0.6 is 28.1 Å². The Morgan fingerprint density at radius 1 is 0.889 bits per heavy atom. The van der Waals surface area contributed by atoms with Crippen molar-refractivity contribution in [2.24, 2.45) is 0 Å². The Balaban J connectivity index is 1.39. The second-order valence-corrected chi connectivity index (χ2v) is 10.6. The molecule has 2 aliphatic rings. The van der Waals surface area contributed by atoms with Gasteiger partial charge in [-0.3, -0.25) is 4.98 Å². The van der Waals surface area contributed by atoms with E-state index < -0.39 is 0 Å². The second kappa shape index (κ2) is 10.1. The molecule has 5 nitrogen and oxygen atoms in total. The standard InChI is InChI=1S/C29H27BrN4OS/c30-20-10-12-21(13-11-20)33-19-5-9-26(33)28-27(25-8-3-4-18-31-25)32-29(36)34(28)22-14-16-24(17-15-22)35-23-6-1-2-7-23/h3-5,8-19,23,27-28H,1-2,6-7H2,(H,32,36). The zero-order valence-electron chi connectivity index (χ0n) is 19.8. The summed E-state index contributed by atoms with van der Waals surface area (Å²) < 4.78 is 9.49. The molecule has 1 aliphatic heterocycles. The van der Waals surface area contributed by atoms with Gasteiger partial charge in [0, 0.05) is 33.9 Å². The molecule has 7 heteroatoms. The number of benzene rings is 2. The van der Waals surface area contributed by atoms with E-state index in [2.05, 4.69) is 109 Å². The third kappa shape index (κ3) is 4.53. The summed E-state index contributed by atoms with van der Waals surface area (Å²) in [5.74, 6) is 0.916. The molecule has 2 atom stereocenters. The highest BCUT2D eigenvalue weighted by Gasteiger charge is 2.42. The minimum absolute atomic E-state index is 0.0901. The van der Waals surface area contributed by atoms with Gasteiger partial charge in [-0.25, -0.2) is 0 Å². The lowest BCUT2D eigenvalue weighted by Crippen LogP contribution is -2.30. The van der Waals surface area contributed by atoms with E-state index in [-0.39, 0.29) is 12.1 Å². The molecule has 0 amide bonds. The van der Waals surface area contributed by atoms with Crippen LogP contribution in [0.3, 0.4) is 0 Å². The molecule has 2 aromatic heterocycles. The summed E-state index contributed by atoms with van der Waals surface area (Å²) in [7, 11) is 0. The van der Waals surface area contributed by atoms with Gasteiger partial charge in [0.05, 0.1) is 17.8 Å². The van der Waals surface area contributed by atoms with E-state index in [0.29, 0.717) is 11.2 Å². The van der Waals surface area contributed by atoms with Crippen LogP contribution in [0, 0.1) is 0 Å². The second-order valence-electron chi connectivity index (χ2n) is 9.29. The molecule has 4 aromatic rings. The Labute approximate surface area is 225 Å². The van der Waals surface area contributed by atoms with Gasteiger partial charge >= 0.3 is 0 Å². The number of aromatic nitrogens is 2. The molecule has 3 heterocycles. The first-order valence-corrected chi connectivity index (χ1v) is 13.6. The van der Waals surface area contributed by atoms with Gasteiger partial charge < -0.3 is 19.5 Å². The quantitative estimate of drug-likeness (QED) is 0.255. The number of hydrogen-bond acceptors (Lipinski definition) is 3. The van der Waals surface area contributed by atoms with Crippen LogP contribution in [0.2, 0.25) is 0 Å². The van der Waals surface area contributed by atoms with E-state index in [4.69, 9.17) is 17.0 Å². The molecule has 1 aliphatic carbocycles. The van der Waals surface area contributed by atoms with Crippen LogP contribution in [-0.4, -0.2) is 20.8 Å². The van der Waals surface area contributed by atoms with Gasteiger partial charge in [0.25, 0.3) is 0 Å². The minimum atomic E-state index is -0.0998. The lowest BCUT2D eigenvalue weighted by Gasteiger charge is -2.29. The highest BCUT2D eigenvalue weighted by atomic mass is 79.9. The summed E-state index contributed by atoms with van der Waals surface area (Å²) in [4.78, 5) is 6.89. The van der Waals surface area contributed by atoms with Crippen LogP contribution in [0.5, 0.6) is 5.75 Å². The minimum Gasteiger partial charge on any atom is -0.490 e. The van der Waals surface area contributed by atoms with E-state index in [1.54, 1.807) is 0 Å². The summed E-state index contributed by atoms with van der Waals surface area (Å²) >= 11 is 9.47. The maximum absolute atomic E-state index is 6.21. The SMILES string of the molecule is S=C1NC(c2ccccn2)C(c2cccn2-c2ccc(Br)cc2)N1c1ccc(OC2CCCC2)cc1. The van der Waals surface area contributed by atoms with Crippen LogP contribution in [0.15, 0.2) is 95.7 Å². The van der Waals surface area contributed by atoms with Gasteiger partial charge in [0.15, 0.2) is 5.11 Å². The monoisotopic (exact) mass is 558 g/mol. The van der Waals surface area contributed by atoms with Gasteiger partial charge in [-0.05, 0) is 111 Å². The fraction of sp³-hybridized carbons (Fsp3) is 0.241. The number of rotatable bonds is 6. The molecule has 0 spiro atoms. The Morgan fingerprint density at radius 2 is 1.64 bits per heavy atom. The number of pyridine rings is 1. The molecule has 1 saturated carbocycles. The normalized spacial score (nSPS) is 20.0. The first-order chi connectivity index (χ1) is 17.7. The maximum Gasteiger partial charge on any atom is 0.174 e. The van der Waals surface area contributed by atoms with Gasteiger partial charge in [0.1, 0.15) is 11.8 Å². The Morgan fingerprint density at radius 3 is 2.36 bits per heavy atom. The van der Waals surface area contributed by atoms with Crippen molar-refractivity contribution in [1.29, 1.82) is 0 Å². The fourth-order valence-electron chi connectivity index (χ4n) is 5.29. The zero-order chi connectivity index (χ0) is 24.5. The van der Waals surface area contributed by atoms with Crippen molar-refractivity contribution in [2.45, 2.75) is 43.9 Å². The Bertz CT molecular complexity index is 1330. The number of nitrogens with one attached hydrogen (secondary N) is 1. The average molecular weight is 560 g/mol. The van der Waals surface area contributed by atoms with Crippen LogP contribution in [0.4, 0.5) is 5.69 Å². The molecule has 36 heavy (non-hydrogen) atoms. The topological polar surface area (TPSA) is 42.3 Å². The smallest absolute Gasteiger partial charge is 0.174 e. The van der Waals surface area contributed by atoms with Gasteiger partial charge in [0.2, 0.25) is 0 Å². The third-order valence-electron chi connectivity index (χ3n) is 7.01. The molecular formula is C29H27BrN4OS. The number of halogens is 1. The van der Waals surface area contributed by atoms with Crippen LogP contribution in [0.1, 0.15) is 49.2 Å². The molecule has 1 saturated heterocycles. The van der Waals surface area contributed by atoms with Crippen molar-refractivity contribution in [3.63, 3.8) is 0 Å². The van der Waals surface area contributed by atoms with E-state index >= 15 is 0 Å². The van der Waals surface area contributed by atoms with Crippen molar-refractivity contribution in [2.75, 3.05) is 4.90 Å². The van der Waals surface area contributed by atoms with Crippen molar-refractivity contribution in [3.8, 4) is 11.4 Å². The molecule has 1 N–H and O–H groups in total. The Hall–Kier alpha value is -3.16. The number of thiocarbonyl (C=S) groups is 1. The summed E-state index contributed by atoms with van der Waals surface area (Å²) in [6, 6.07) is 26.8. The van der Waals surface area contributed by atoms with Crippen LogP contribution in [-0.2, 0) is 0 Å². The van der Waals surface area contributed by atoms with E-state index in [1.807, 2.05) is 18.3 Å². The summed E-state index contributed by atoms with van der Waals surface area (Å²) in [6.45, 7) is 0. The van der Waals surface area contributed by atoms with Gasteiger partial charge in [-0.15, -0.1) is 0 Å².